The zero-order valence-corrected chi connectivity index (χ0v) is 34.9. The number of benzene rings is 9. The predicted molar refractivity (Wildman–Crippen MR) is 264 cm³/mol. The molecule has 0 N–H and O–H groups in total. The summed E-state index contributed by atoms with van der Waals surface area (Å²) in [5, 5.41) is 0. The van der Waals surface area contributed by atoms with Gasteiger partial charge in [-0.05, 0) is 130 Å². The zero-order valence-electron chi connectivity index (χ0n) is 34.9. The summed E-state index contributed by atoms with van der Waals surface area (Å²) < 4.78 is 0. The Labute approximate surface area is 366 Å². The van der Waals surface area contributed by atoms with Crippen molar-refractivity contribution in [2.45, 2.75) is 13.3 Å². The van der Waals surface area contributed by atoms with Gasteiger partial charge in [0.15, 0.2) is 0 Å². The van der Waals surface area contributed by atoms with Crippen LogP contribution < -0.4 is 9.80 Å². The number of allylic oxidation sites excluding steroid dienone is 3. The molecule has 0 aliphatic rings. The second-order valence-corrected chi connectivity index (χ2v) is 15.3. The molecular formula is C60H48N2. The van der Waals surface area contributed by atoms with Crippen LogP contribution >= 0.6 is 0 Å². The first kappa shape index (κ1) is 39.5. The first-order valence-electron chi connectivity index (χ1n) is 21.3. The molecule has 0 saturated heterocycles. The molecule has 0 aliphatic heterocycles. The first-order chi connectivity index (χ1) is 30.7. The molecule has 9 rings (SSSR count). The molecule has 0 atom stereocenters. The van der Waals surface area contributed by atoms with E-state index >= 15 is 0 Å². The lowest BCUT2D eigenvalue weighted by Gasteiger charge is -2.27. The minimum Gasteiger partial charge on any atom is -0.311 e. The number of rotatable bonds is 13. The minimum atomic E-state index is 0.864. The third-order valence-corrected chi connectivity index (χ3v) is 11.3. The van der Waals surface area contributed by atoms with Crippen molar-refractivity contribution in [3.8, 4) is 44.5 Å². The smallest absolute Gasteiger partial charge is 0.0462 e. The van der Waals surface area contributed by atoms with Crippen LogP contribution in [0.25, 0.3) is 44.5 Å². The highest BCUT2D eigenvalue weighted by atomic mass is 15.1. The van der Waals surface area contributed by atoms with Gasteiger partial charge in [0.05, 0.1) is 0 Å². The fraction of sp³-hybridized carbons (Fsp3) is 0.0333. The topological polar surface area (TPSA) is 6.48 Å². The van der Waals surface area contributed by atoms with Crippen molar-refractivity contribution in [3.63, 3.8) is 0 Å². The van der Waals surface area contributed by atoms with Gasteiger partial charge in [0.2, 0.25) is 0 Å². The van der Waals surface area contributed by atoms with E-state index in [1.165, 1.54) is 38.9 Å². The fourth-order valence-corrected chi connectivity index (χ4v) is 8.03. The van der Waals surface area contributed by atoms with E-state index in [4.69, 9.17) is 0 Å². The summed E-state index contributed by atoms with van der Waals surface area (Å²) in [6.07, 6.45) is 7.55. The number of hydrogen-bond donors (Lipinski definition) is 0. The molecule has 0 radical (unpaired) electrons. The number of anilines is 5. The van der Waals surface area contributed by atoms with Crippen molar-refractivity contribution in [3.05, 3.63) is 272 Å². The Morgan fingerprint density at radius 1 is 0.323 bits per heavy atom. The van der Waals surface area contributed by atoms with E-state index in [2.05, 4.69) is 278 Å². The molecule has 9 aromatic rings. The van der Waals surface area contributed by atoms with Crippen molar-refractivity contribution in [1.29, 1.82) is 0 Å². The Balaban J connectivity index is 1.01. The molecular weight excluding hydrogens is 749 g/mol. The summed E-state index contributed by atoms with van der Waals surface area (Å²) in [7, 11) is 0. The normalized spacial score (nSPS) is 11.4. The SMILES string of the molecule is C/C=C(\C=C/Cc1ccccc1)N(c1ccc(-c2ccccc2)cc1)c1ccc(-c2ccc(N(c3ccc(-c4ccccc4)cc3)c3ccc(-c4ccccc4)cc3)cc2)cc1. The standard InChI is InChI=1S/C60H48N2/c1-2-55(25-15-18-46-16-7-3-8-17-46)61(56-36-26-50(27-37-56)47-19-9-4-10-20-47)57-38-32-53(33-39-57)54-34-44-60(45-35-54)62(58-40-28-51(29-41-58)48-21-11-5-12-22-48)59-42-30-52(31-43-59)49-23-13-6-14-24-49/h2-17,19-45H,18H2,1H3/b25-15-,55-2+. The highest BCUT2D eigenvalue weighted by Crippen LogP contribution is 2.39. The predicted octanol–water partition coefficient (Wildman–Crippen LogP) is 16.7. The third kappa shape index (κ3) is 9.11. The second-order valence-electron chi connectivity index (χ2n) is 15.3. The van der Waals surface area contributed by atoms with Gasteiger partial charge in [0.25, 0.3) is 0 Å². The van der Waals surface area contributed by atoms with Crippen molar-refractivity contribution < 1.29 is 0 Å². The van der Waals surface area contributed by atoms with Gasteiger partial charge in [-0.1, -0.05) is 194 Å². The van der Waals surface area contributed by atoms with Crippen LogP contribution in [0.1, 0.15) is 12.5 Å². The van der Waals surface area contributed by atoms with E-state index in [1.807, 2.05) is 0 Å². The maximum atomic E-state index is 2.34. The van der Waals surface area contributed by atoms with Crippen LogP contribution in [0, 0.1) is 0 Å². The molecule has 0 bridgehead atoms. The van der Waals surface area contributed by atoms with Crippen LogP contribution in [0.4, 0.5) is 28.4 Å². The summed E-state index contributed by atoms with van der Waals surface area (Å²) in [6.45, 7) is 2.11. The molecule has 0 aliphatic carbocycles. The molecule has 298 valence electrons. The van der Waals surface area contributed by atoms with Crippen LogP contribution in [0.5, 0.6) is 0 Å². The van der Waals surface area contributed by atoms with Gasteiger partial charge in [-0.25, -0.2) is 0 Å². The molecule has 0 fully saturated rings. The van der Waals surface area contributed by atoms with E-state index in [0.29, 0.717) is 0 Å². The molecule has 0 spiro atoms. The first-order valence-corrected chi connectivity index (χ1v) is 21.3. The molecule has 0 heterocycles. The Morgan fingerprint density at radius 3 is 0.903 bits per heavy atom. The van der Waals surface area contributed by atoms with Crippen LogP contribution in [0.2, 0.25) is 0 Å². The van der Waals surface area contributed by atoms with Gasteiger partial charge in [-0.2, -0.15) is 0 Å². The maximum Gasteiger partial charge on any atom is 0.0462 e. The van der Waals surface area contributed by atoms with E-state index in [1.54, 1.807) is 0 Å². The average Bonchev–Trinajstić information content (AvgIpc) is 3.36. The molecule has 0 amide bonds. The van der Waals surface area contributed by atoms with Gasteiger partial charge in [-0.3, -0.25) is 0 Å². The molecule has 0 unspecified atom stereocenters. The Hall–Kier alpha value is -7.94. The highest BCUT2D eigenvalue weighted by molar-refractivity contribution is 5.82. The fourth-order valence-electron chi connectivity index (χ4n) is 8.03. The minimum absolute atomic E-state index is 0.864. The van der Waals surface area contributed by atoms with Gasteiger partial charge < -0.3 is 9.80 Å². The summed E-state index contributed by atoms with van der Waals surface area (Å²) in [5.41, 5.74) is 17.4. The van der Waals surface area contributed by atoms with Crippen LogP contribution in [-0.2, 0) is 6.42 Å². The van der Waals surface area contributed by atoms with Crippen molar-refractivity contribution in [2.24, 2.45) is 0 Å². The summed E-state index contributed by atoms with van der Waals surface area (Å²) in [4.78, 5) is 4.68. The molecule has 0 aromatic heterocycles. The van der Waals surface area contributed by atoms with Gasteiger partial charge >= 0.3 is 0 Å². The average molecular weight is 797 g/mol. The van der Waals surface area contributed by atoms with E-state index in [9.17, 15) is 0 Å². The van der Waals surface area contributed by atoms with Crippen LogP contribution in [0.15, 0.2) is 267 Å². The molecule has 62 heavy (non-hydrogen) atoms. The van der Waals surface area contributed by atoms with Crippen molar-refractivity contribution in [1.82, 2.24) is 0 Å². The Morgan fingerprint density at radius 2 is 0.597 bits per heavy atom. The van der Waals surface area contributed by atoms with Crippen molar-refractivity contribution in [2.75, 3.05) is 9.80 Å². The number of hydrogen-bond acceptors (Lipinski definition) is 2. The Kier molecular flexibility index (Phi) is 12.1. The lowest BCUT2D eigenvalue weighted by Crippen LogP contribution is -2.15. The highest BCUT2D eigenvalue weighted by Gasteiger charge is 2.16. The summed E-state index contributed by atoms with van der Waals surface area (Å²) in [5.74, 6) is 0. The molecule has 2 heteroatoms. The monoisotopic (exact) mass is 796 g/mol. The summed E-state index contributed by atoms with van der Waals surface area (Å²) in [6, 6.07) is 86.7. The zero-order chi connectivity index (χ0) is 41.9. The van der Waals surface area contributed by atoms with E-state index < -0.39 is 0 Å². The van der Waals surface area contributed by atoms with Gasteiger partial charge in [-0.15, -0.1) is 0 Å². The van der Waals surface area contributed by atoms with E-state index in [0.717, 1.165) is 51.7 Å². The largest absolute Gasteiger partial charge is 0.311 e. The third-order valence-electron chi connectivity index (χ3n) is 11.3. The van der Waals surface area contributed by atoms with Crippen LogP contribution in [-0.4, -0.2) is 0 Å². The second kappa shape index (κ2) is 19.0. The van der Waals surface area contributed by atoms with Crippen LogP contribution in [0.3, 0.4) is 0 Å². The lowest BCUT2D eigenvalue weighted by molar-refractivity contribution is 1.18. The van der Waals surface area contributed by atoms with Gasteiger partial charge in [0.1, 0.15) is 0 Å². The quantitative estimate of drug-likeness (QED) is 0.107. The number of nitrogens with zero attached hydrogens (tertiary/aromatic N) is 2. The lowest BCUT2D eigenvalue weighted by atomic mass is 10.0. The Bertz CT molecular complexity index is 2760. The maximum absolute atomic E-state index is 2.34. The molecule has 0 saturated carbocycles. The molecule has 2 nitrogen and oxygen atoms in total. The molecule has 9 aromatic carbocycles. The van der Waals surface area contributed by atoms with E-state index in [-0.39, 0.29) is 0 Å². The van der Waals surface area contributed by atoms with Crippen molar-refractivity contribution >= 4 is 28.4 Å². The van der Waals surface area contributed by atoms with Gasteiger partial charge in [0, 0.05) is 34.1 Å². The summed E-state index contributed by atoms with van der Waals surface area (Å²) >= 11 is 0.